The number of carbonyl (C=O) groups is 3. The molecule has 20 rings (SSSR count). The number of hydrogen-bond acceptors (Lipinski definition) is 19. The van der Waals surface area contributed by atoms with Crippen LogP contribution in [0.5, 0.6) is 23.0 Å². The number of carbonyl (C=O) groups excluding carboxylic acids is 3. The van der Waals surface area contributed by atoms with Crippen molar-refractivity contribution in [3.8, 4) is 23.0 Å². The normalized spacial score (nSPS) is 37.4. The van der Waals surface area contributed by atoms with Crippen molar-refractivity contribution >= 4 is 17.3 Å². The molecule has 0 radical (unpaired) electrons. The highest BCUT2D eigenvalue weighted by Crippen LogP contribution is 2.67. The van der Waals surface area contributed by atoms with E-state index in [4.69, 9.17) is 23.7 Å². The van der Waals surface area contributed by atoms with Gasteiger partial charge in [-0.05, 0) is 170 Å². The Labute approximate surface area is 555 Å². The molecule has 4 aromatic carbocycles. The molecule has 4 aromatic rings. The molecule has 4 spiro atoms. The predicted octanol–water partition coefficient (Wildman–Crippen LogP) is 4.96. The van der Waals surface area contributed by atoms with E-state index in [0.29, 0.717) is 60.1 Å². The molecular weight excluding hydrogens is 1210 g/mol. The minimum Gasteiger partial charge on any atom is -0.497 e. The molecule has 19 heteroatoms. The van der Waals surface area contributed by atoms with E-state index in [-0.39, 0.29) is 95.7 Å². The minimum atomic E-state index is -1.11. The van der Waals surface area contributed by atoms with Gasteiger partial charge in [0.05, 0.1) is 60.8 Å². The Morgan fingerprint density at radius 1 is 0.474 bits per heavy atom. The predicted molar refractivity (Wildman–Crippen MR) is 354 cm³/mol. The van der Waals surface area contributed by atoms with Crippen LogP contribution >= 0.6 is 0 Å². The molecule has 0 aromatic heterocycles. The van der Waals surface area contributed by atoms with E-state index in [1.54, 1.807) is 19.3 Å². The highest BCUT2D eigenvalue weighted by Gasteiger charge is 2.75. The van der Waals surface area contributed by atoms with Crippen LogP contribution in [0.3, 0.4) is 0 Å². The lowest BCUT2D eigenvalue weighted by Crippen LogP contribution is -2.76. The third-order valence-corrected chi connectivity index (χ3v) is 25.8. The number of benzene rings is 4. The smallest absolute Gasteiger partial charge is 0.196 e. The molecule has 4 saturated heterocycles. The summed E-state index contributed by atoms with van der Waals surface area (Å²) >= 11 is 0. The number of nitrogens with zero attached hydrogens (tertiary/aromatic N) is 4. The Balaban J connectivity index is 0.000000108. The maximum Gasteiger partial charge on any atom is 0.196 e. The van der Waals surface area contributed by atoms with Crippen molar-refractivity contribution in [3.05, 3.63) is 163 Å². The molecule has 19 nitrogen and oxygen atoms in total. The molecule has 8 aliphatic heterocycles. The zero-order valence-electron chi connectivity index (χ0n) is 52.6. The van der Waals surface area contributed by atoms with Crippen molar-refractivity contribution in [1.29, 1.82) is 0 Å². The minimum absolute atomic E-state index is 0. The van der Waals surface area contributed by atoms with E-state index >= 15 is 0 Å². The van der Waals surface area contributed by atoms with Gasteiger partial charge >= 0.3 is 0 Å². The van der Waals surface area contributed by atoms with Crippen molar-refractivity contribution in [3.63, 3.8) is 0 Å². The number of ketones is 3. The summed E-state index contributed by atoms with van der Waals surface area (Å²) in [5.41, 5.74) is 8.17. The van der Waals surface area contributed by atoms with Crippen LogP contribution in [0.25, 0.3) is 0 Å². The second kappa shape index (κ2) is 22.2. The Bertz CT molecular complexity index is 3920. The summed E-state index contributed by atoms with van der Waals surface area (Å²) in [5.74, 6) is 3.59. The number of methoxy groups -OCH3 is 1. The summed E-state index contributed by atoms with van der Waals surface area (Å²) in [5, 5.41) is 73.7. The van der Waals surface area contributed by atoms with Crippen LogP contribution < -0.4 is 18.9 Å². The van der Waals surface area contributed by atoms with E-state index in [9.17, 15) is 50.1 Å². The van der Waals surface area contributed by atoms with Crippen molar-refractivity contribution in [2.45, 2.75) is 200 Å². The van der Waals surface area contributed by atoms with Crippen molar-refractivity contribution in [2.75, 3.05) is 61.5 Å². The first-order chi connectivity index (χ1) is 44.3. The first kappa shape index (κ1) is 65.7. The third-order valence-electron chi connectivity index (χ3n) is 25.8. The second-order valence-corrected chi connectivity index (χ2v) is 29.1. The number of rotatable bonds is 5. The van der Waals surface area contributed by atoms with E-state index in [1.807, 2.05) is 56.6 Å². The van der Waals surface area contributed by atoms with Crippen LogP contribution in [-0.4, -0.2) is 200 Å². The van der Waals surface area contributed by atoms with Crippen LogP contribution in [0.1, 0.15) is 128 Å². The fraction of sp³-hybridized carbons (Fsp3) is 0.539. The molecule has 0 amide bonds. The standard InChI is InChI=1S/C19H21NO3.C18H21NO4.2C18H19NO4.3CH4/c1-20-8-7-19-13-5-6-15(22-2)18(19)23-17-12(10-21)4-3-11(16(17)19)9-14(13)20;3*1-19-7-6-17-14-10-2-3-11(9-20)15(14)23-16(17)12(21)4-5-18(17,22)13(19)8-10;;;/h3-6,14,18,21H,7-10H2,1-2H3;2-3,13,16,20,22H,4-9H2,1H3;2*2-5,13,16,20,22H,6-9H2,1H3;3*1H4/t14-,18?,19+;3*13-,16?,17+,18?;;;/m1111.../s1. The fourth-order valence-electron chi connectivity index (χ4n) is 21.5. The number of aliphatic hydroxyl groups is 7. The van der Waals surface area contributed by atoms with Crippen molar-refractivity contribution in [1.82, 2.24) is 19.6 Å². The molecule has 7 N–H and O–H groups in total. The van der Waals surface area contributed by atoms with Gasteiger partial charge in [0.15, 0.2) is 41.8 Å². The first-order valence-corrected chi connectivity index (χ1v) is 32.9. The van der Waals surface area contributed by atoms with Gasteiger partial charge in [0, 0.05) is 75.1 Å². The lowest BCUT2D eigenvalue weighted by atomic mass is 9.49. The molecular formula is C76H92N4O15. The molecule has 506 valence electrons. The Kier molecular flexibility index (Phi) is 15.4. The van der Waals surface area contributed by atoms with Crippen molar-refractivity contribution in [2.24, 2.45) is 0 Å². The third kappa shape index (κ3) is 7.83. The number of Topliss-reactive ketones (excluding diaryl/α,β-unsaturated/α-hetero) is 1. The van der Waals surface area contributed by atoms with Gasteiger partial charge in [-0.15, -0.1) is 0 Å². The first-order valence-electron chi connectivity index (χ1n) is 32.9. The number of allylic oxidation sites excluding steroid dienone is 2. The van der Waals surface area contributed by atoms with Gasteiger partial charge in [0.2, 0.25) is 0 Å². The van der Waals surface area contributed by atoms with Crippen molar-refractivity contribution < 1.29 is 73.8 Å². The van der Waals surface area contributed by atoms with E-state index < -0.39 is 51.4 Å². The molecule has 5 fully saturated rings. The fourth-order valence-corrected chi connectivity index (χ4v) is 21.5. The number of likely N-dealkylation sites (N-methyl/N-ethyl adjacent to an activating group) is 4. The Morgan fingerprint density at radius 2 is 0.874 bits per heavy atom. The van der Waals surface area contributed by atoms with Gasteiger partial charge in [-0.1, -0.05) is 76.9 Å². The quantitative estimate of drug-likeness (QED) is 0.139. The second-order valence-electron chi connectivity index (χ2n) is 29.1. The SMILES string of the molecule is C.C.C.CN1CC[C@]23c4c5ccc(CO)c4OC2C(=O)C=CC3(O)[C@H]1C5.CN1CC[C@]23c4c5ccc(CO)c4OC2C(=O)C=CC3(O)[C@H]1C5.CN1CC[C@]23c4c5ccc(CO)c4OC2C(=O)CCC3(O)[C@H]1C5.COC1=CC=C2[C@H]3Cc4ccc(CO)c5c4[C@@]2(CCN3C)C1O5. The number of likely N-dealkylation sites (tertiary alicyclic amines) is 4. The van der Waals surface area contributed by atoms with E-state index in [2.05, 4.69) is 51.9 Å². The average molecular weight is 1300 g/mol. The maximum absolute atomic E-state index is 12.6. The molecule has 8 heterocycles. The monoisotopic (exact) mass is 1300 g/mol. The largest absolute Gasteiger partial charge is 0.497 e. The van der Waals surface area contributed by atoms with Crippen LogP contribution in [0.4, 0.5) is 0 Å². The van der Waals surface area contributed by atoms with Crippen LogP contribution in [-0.2, 0) is 92.9 Å². The molecule has 8 aliphatic carbocycles. The van der Waals surface area contributed by atoms with Crippen LogP contribution in [0, 0.1) is 0 Å². The summed E-state index contributed by atoms with van der Waals surface area (Å²) in [6.07, 6.45) is 15.8. The van der Waals surface area contributed by atoms with E-state index in [0.717, 1.165) is 121 Å². The summed E-state index contributed by atoms with van der Waals surface area (Å²) in [6, 6.07) is 16.3. The lowest BCUT2D eigenvalue weighted by Gasteiger charge is -2.62. The van der Waals surface area contributed by atoms with Gasteiger partial charge in [-0.3, -0.25) is 29.1 Å². The molecule has 7 unspecified atom stereocenters. The van der Waals surface area contributed by atoms with Gasteiger partial charge in [0.1, 0.15) is 40.0 Å². The van der Waals surface area contributed by atoms with Crippen LogP contribution in [0.2, 0.25) is 0 Å². The zero-order chi connectivity index (χ0) is 63.7. The molecule has 95 heavy (non-hydrogen) atoms. The molecule has 15 atom stereocenters. The van der Waals surface area contributed by atoms with Gasteiger partial charge in [-0.25, -0.2) is 0 Å². The van der Waals surface area contributed by atoms with Gasteiger partial charge in [0.25, 0.3) is 0 Å². The molecule has 16 aliphatic rings. The summed E-state index contributed by atoms with van der Waals surface area (Å²) < 4.78 is 30.4. The van der Waals surface area contributed by atoms with Gasteiger partial charge in [-0.2, -0.15) is 0 Å². The molecule has 8 bridgehead atoms. The topological polar surface area (TPSA) is 252 Å². The number of piperidine rings is 4. The van der Waals surface area contributed by atoms with Crippen LogP contribution in [0.15, 0.2) is 96.3 Å². The highest BCUT2D eigenvalue weighted by molar-refractivity contribution is 6.00. The number of ether oxygens (including phenoxy) is 5. The Hall–Kier alpha value is -6.59. The highest BCUT2D eigenvalue weighted by atomic mass is 16.5. The summed E-state index contributed by atoms with van der Waals surface area (Å²) in [7, 11) is 10.0. The lowest BCUT2D eigenvalue weighted by molar-refractivity contribution is -0.185. The van der Waals surface area contributed by atoms with Gasteiger partial charge < -0.3 is 64.3 Å². The summed E-state index contributed by atoms with van der Waals surface area (Å²) in [4.78, 5) is 46.8. The number of hydrogen-bond donors (Lipinski definition) is 7. The zero-order valence-corrected chi connectivity index (χ0v) is 52.6. The maximum atomic E-state index is 12.6. The molecule has 1 saturated carbocycles. The average Bonchev–Trinajstić information content (AvgIpc) is 1.61. The van der Waals surface area contributed by atoms with E-state index in [1.165, 1.54) is 28.9 Å². The Morgan fingerprint density at radius 3 is 1.35 bits per heavy atom. The summed E-state index contributed by atoms with van der Waals surface area (Å²) in [6.45, 7) is 3.18. The number of aliphatic hydroxyl groups excluding tert-OH is 4.